The third kappa shape index (κ3) is 5.39. The number of nitrogens with one attached hydrogen (secondary N) is 1. The number of sulfonamides is 1. The highest BCUT2D eigenvalue weighted by molar-refractivity contribution is 7.89. The molecule has 2 rings (SSSR count). The summed E-state index contributed by atoms with van der Waals surface area (Å²) in [6.45, 7) is 6.14. The molecule has 0 radical (unpaired) electrons. The first-order chi connectivity index (χ1) is 12.1. The van der Waals surface area contributed by atoms with Crippen molar-refractivity contribution in [2.24, 2.45) is 5.14 Å². The lowest BCUT2D eigenvalue weighted by molar-refractivity contribution is -0.117. The van der Waals surface area contributed by atoms with Gasteiger partial charge in [-0.05, 0) is 68.8 Å². The maximum atomic E-state index is 12.3. The average Bonchev–Trinajstić information content (AvgIpc) is 2.52. The monoisotopic (exact) mass is 375 g/mol. The Labute approximate surface area is 155 Å². The lowest BCUT2D eigenvalue weighted by Crippen LogP contribution is -2.32. The summed E-state index contributed by atoms with van der Waals surface area (Å²) < 4.78 is 22.7. The average molecular weight is 375 g/mol. The van der Waals surface area contributed by atoms with Crippen LogP contribution in [0.15, 0.2) is 47.4 Å². The maximum Gasteiger partial charge on any atom is 0.238 e. The number of nitrogens with zero attached hydrogens (tertiary/aromatic N) is 1. The first kappa shape index (κ1) is 20.1. The van der Waals surface area contributed by atoms with Crippen molar-refractivity contribution in [3.05, 3.63) is 59.2 Å². The standard InChI is InChI=1S/C19H25N3O3S/c1-13-9-14(2)11-17(10-13)21-19(23)12-22(4)15(3)16-5-7-18(8-6-16)26(20,24)25/h5-11,15H,12H2,1-4H3,(H,21,23)(H2,20,24,25). The van der Waals surface area contributed by atoms with Gasteiger partial charge in [-0.1, -0.05) is 18.2 Å². The number of nitrogens with two attached hydrogens (primary N) is 1. The number of aryl methyl sites for hydroxylation is 2. The van der Waals surface area contributed by atoms with E-state index in [0.29, 0.717) is 0 Å². The molecule has 0 saturated carbocycles. The van der Waals surface area contributed by atoms with Crippen LogP contribution in [0.2, 0.25) is 0 Å². The third-order valence-corrected chi connectivity index (χ3v) is 5.18. The second kappa shape index (κ2) is 7.99. The van der Waals surface area contributed by atoms with E-state index in [2.05, 4.69) is 11.4 Å². The molecule has 2 aromatic rings. The highest BCUT2D eigenvalue weighted by Crippen LogP contribution is 2.20. The Bertz CT molecular complexity index is 872. The van der Waals surface area contributed by atoms with Crippen molar-refractivity contribution in [1.29, 1.82) is 0 Å². The van der Waals surface area contributed by atoms with Crippen LogP contribution in [-0.4, -0.2) is 32.8 Å². The Morgan fingerprint density at radius 2 is 1.65 bits per heavy atom. The summed E-state index contributed by atoms with van der Waals surface area (Å²) in [5.74, 6) is -0.106. The number of carbonyl (C=O) groups is 1. The Morgan fingerprint density at radius 3 is 2.15 bits per heavy atom. The lowest BCUT2D eigenvalue weighted by Gasteiger charge is -2.24. The van der Waals surface area contributed by atoms with Crippen LogP contribution in [0.1, 0.15) is 29.7 Å². The van der Waals surface area contributed by atoms with Gasteiger partial charge in [0.15, 0.2) is 0 Å². The zero-order valence-electron chi connectivity index (χ0n) is 15.5. The number of hydrogen-bond acceptors (Lipinski definition) is 4. The topological polar surface area (TPSA) is 92.5 Å². The second-order valence-corrected chi connectivity index (χ2v) is 8.19. The minimum absolute atomic E-state index is 0.0606. The van der Waals surface area contributed by atoms with E-state index < -0.39 is 10.0 Å². The minimum Gasteiger partial charge on any atom is -0.325 e. The highest BCUT2D eigenvalue weighted by atomic mass is 32.2. The van der Waals surface area contributed by atoms with Crippen molar-refractivity contribution in [2.45, 2.75) is 31.7 Å². The van der Waals surface area contributed by atoms with Gasteiger partial charge in [0.25, 0.3) is 0 Å². The van der Waals surface area contributed by atoms with Crippen LogP contribution < -0.4 is 10.5 Å². The van der Waals surface area contributed by atoms with Gasteiger partial charge < -0.3 is 5.32 Å². The summed E-state index contributed by atoms with van der Waals surface area (Å²) in [6, 6.07) is 12.2. The SMILES string of the molecule is Cc1cc(C)cc(NC(=O)CN(C)C(C)c2ccc(S(N)(=O)=O)cc2)c1. The Morgan fingerprint density at radius 1 is 1.12 bits per heavy atom. The lowest BCUT2D eigenvalue weighted by atomic mass is 10.1. The van der Waals surface area contributed by atoms with Crippen LogP contribution in [0.4, 0.5) is 5.69 Å². The van der Waals surface area contributed by atoms with Crippen LogP contribution in [0.3, 0.4) is 0 Å². The van der Waals surface area contributed by atoms with Gasteiger partial charge >= 0.3 is 0 Å². The van der Waals surface area contributed by atoms with Crippen molar-refractivity contribution in [3.63, 3.8) is 0 Å². The van der Waals surface area contributed by atoms with Gasteiger partial charge in [0.1, 0.15) is 0 Å². The molecular formula is C19H25N3O3S. The normalized spacial score (nSPS) is 12.8. The van der Waals surface area contributed by atoms with E-state index in [1.165, 1.54) is 12.1 Å². The molecule has 0 aliphatic heterocycles. The number of amides is 1. The molecule has 0 spiro atoms. The van der Waals surface area contributed by atoms with Crippen molar-refractivity contribution in [3.8, 4) is 0 Å². The maximum absolute atomic E-state index is 12.3. The van der Waals surface area contributed by atoms with Crippen LogP contribution in [-0.2, 0) is 14.8 Å². The summed E-state index contributed by atoms with van der Waals surface area (Å²) in [7, 11) is -1.86. The van der Waals surface area contributed by atoms with E-state index >= 15 is 0 Å². The van der Waals surface area contributed by atoms with E-state index in [1.54, 1.807) is 12.1 Å². The molecule has 1 atom stereocenters. The fraction of sp³-hybridized carbons (Fsp3) is 0.316. The largest absolute Gasteiger partial charge is 0.325 e. The molecule has 3 N–H and O–H groups in total. The van der Waals surface area contributed by atoms with E-state index in [9.17, 15) is 13.2 Å². The first-order valence-corrected chi connectivity index (χ1v) is 9.82. The summed E-state index contributed by atoms with van der Waals surface area (Å²) in [5.41, 5.74) is 3.87. The molecule has 0 aliphatic carbocycles. The zero-order chi connectivity index (χ0) is 19.5. The van der Waals surface area contributed by atoms with E-state index in [-0.39, 0.29) is 23.4 Å². The van der Waals surface area contributed by atoms with E-state index in [1.807, 2.05) is 44.9 Å². The third-order valence-electron chi connectivity index (χ3n) is 4.25. The predicted octanol–water partition coefficient (Wildman–Crippen LogP) is 2.58. The van der Waals surface area contributed by atoms with Gasteiger partial charge in [0, 0.05) is 11.7 Å². The molecule has 0 heterocycles. The summed E-state index contributed by atoms with van der Waals surface area (Å²) >= 11 is 0. The number of benzene rings is 2. The van der Waals surface area contributed by atoms with E-state index in [0.717, 1.165) is 22.4 Å². The van der Waals surface area contributed by atoms with Crippen LogP contribution in [0.25, 0.3) is 0 Å². The molecule has 0 aromatic heterocycles. The molecule has 0 fully saturated rings. The molecule has 1 amide bonds. The number of carbonyl (C=O) groups excluding carboxylic acids is 1. The molecule has 140 valence electrons. The molecule has 7 heteroatoms. The fourth-order valence-electron chi connectivity index (χ4n) is 2.80. The quantitative estimate of drug-likeness (QED) is 0.812. The molecule has 26 heavy (non-hydrogen) atoms. The van der Waals surface area contributed by atoms with E-state index in [4.69, 9.17) is 5.14 Å². The summed E-state index contributed by atoms with van der Waals surface area (Å²) in [6.07, 6.45) is 0. The van der Waals surface area contributed by atoms with Crippen molar-refractivity contribution in [1.82, 2.24) is 4.90 Å². The van der Waals surface area contributed by atoms with Crippen LogP contribution in [0, 0.1) is 13.8 Å². The van der Waals surface area contributed by atoms with Crippen LogP contribution >= 0.6 is 0 Å². The molecule has 0 aliphatic rings. The highest BCUT2D eigenvalue weighted by Gasteiger charge is 2.16. The van der Waals surface area contributed by atoms with Crippen LogP contribution in [0.5, 0.6) is 0 Å². The summed E-state index contributed by atoms with van der Waals surface area (Å²) in [4.78, 5) is 14.3. The molecule has 0 bridgehead atoms. The molecule has 6 nitrogen and oxygen atoms in total. The Balaban J connectivity index is 2.01. The fourth-order valence-corrected chi connectivity index (χ4v) is 3.32. The smallest absolute Gasteiger partial charge is 0.238 e. The number of anilines is 1. The Hall–Kier alpha value is -2.22. The van der Waals surface area contributed by atoms with Crippen molar-refractivity contribution < 1.29 is 13.2 Å². The number of likely N-dealkylation sites (N-methyl/N-ethyl adjacent to an activating group) is 1. The van der Waals surface area contributed by atoms with Gasteiger partial charge in [-0.15, -0.1) is 0 Å². The molecule has 2 aromatic carbocycles. The summed E-state index contributed by atoms with van der Waals surface area (Å²) in [5, 5.41) is 8.03. The van der Waals surface area contributed by atoms with Gasteiger partial charge in [-0.25, -0.2) is 13.6 Å². The zero-order valence-corrected chi connectivity index (χ0v) is 16.3. The van der Waals surface area contributed by atoms with Gasteiger partial charge in [-0.3, -0.25) is 9.69 Å². The number of rotatable bonds is 6. The predicted molar refractivity (Wildman–Crippen MR) is 103 cm³/mol. The van der Waals surface area contributed by atoms with Crippen molar-refractivity contribution >= 4 is 21.6 Å². The molecule has 0 saturated heterocycles. The Kier molecular flexibility index (Phi) is 6.17. The van der Waals surface area contributed by atoms with Gasteiger partial charge in [-0.2, -0.15) is 0 Å². The van der Waals surface area contributed by atoms with Crippen molar-refractivity contribution in [2.75, 3.05) is 18.9 Å². The molecule has 1 unspecified atom stereocenters. The second-order valence-electron chi connectivity index (χ2n) is 6.63. The van der Waals surface area contributed by atoms with Gasteiger partial charge in [0.05, 0.1) is 11.4 Å². The number of hydrogen-bond donors (Lipinski definition) is 2. The minimum atomic E-state index is -3.70. The number of primary sulfonamides is 1. The first-order valence-electron chi connectivity index (χ1n) is 8.27. The molecular weight excluding hydrogens is 350 g/mol. The van der Waals surface area contributed by atoms with Gasteiger partial charge in [0.2, 0.25) is 15.9 Å².